The van der Waals surface area contributed by atoms with Gasteiger partial charge in [-0.15, -0.1) is 0 Å². The fourth-order valence-electron chi connectivity index (χ4n) is 3.61. The van der Waals surface area contributed by atoms with Gasteiger partial charge in [-0.3, -0.25) is 19.7 Å². The molecule has 180 valence electrons. The Morgan fingerprint density at radius 3 is 2.50 bits per heavy atom. The molecule has 2 N–H and O–H groups in total. The molecule has 2 amide bonds. The Kier molecular flexibility index (Phi) is 6.80. The number of nitro groups is 1. The predicted octanol–water partition coefficient (Wildman–Crippen LogP) is 2.29. The number of sulfonamides is 1. The first-order chi connectivity index (χ1) is 16.3. The topological polar surface area (TPSA) is 148 Å². The van der Waals surface area contributed by atoms with Crippen molar-refractivity contribution in [3.8, 4) is 5.75 Å². The van der Waals surface area contributed by atoms with Crippen LogP contribution in [-0.4, -0.2) is 55.2 Å². The van der Waals surface area contributed by atoms with Gasteiger partial charge in [0.25, 0.3) is 11.8 Å². The van der Waals surface area contributed by atoms with Gasteiger partial charge in [-0.05, 0) is 49.9 Å². The van der Waals surface area contributed by atoms with Gasteiger partial charge in [0.15, 0.2) is 12.4 Å². The molecule has 0 spiro atoms. The van der Waals surface area contributed by atoms with Crippen LogP contribution in [0.15, 0.2) is 47.4 Å². The summed E-state index contributed by atoms with van der Waals surface area (Å²) in [5.74, 6) is -1.17. The van der Waals surface area contributed by atoms with Crippen molar-refractivity contribution in [2.45, 2.75) is 36.6 Å². The Balaban J connectivity index is 1.45. The second kappa shape index (κ2) is 9.77. The van der Waals surface area contributed by atoms with E-state index in [-0.39, 0.29) is 28.3 Å². The van der Waals surface area contributed by atoms with Crippen LogP contribution in [0.3, 0.4) is 0 Å². The van der Waals surface area contributed by atoms with Gasteiger partial charge in [-0.1, -0.05) is 12.1 Å². The fourth-order valence-corrected chi connectivity index (χ4v) is 5.15. The molecule has 0 bridgehead atoms. The highest BCUT2D eigenvalue weighted by atomic mass is 32.2. The largest absolute Gasteiger partial charge is 0.477 e. The van der Waals surface area contributed by atoms with E-state index in [1.165, 1.54) is 16.4 Å². The summed E-state index contributed by atoms with van der Waals surface area (Å²) >= 11 is 0. The van der Waals surface area contributed by atoms with Crippen molar-refractivity contribution < 1.29 is 27.7 Å². The lowest BCUT2D eigenvalue weighted by Gasteiger charge is -2.16. The number of carbonyl (C=O) groups excluding carboxylic acids is 2. The normalized spacial score (nSPS) is 16.1. The third-order valence-electron chi connectivity index (χ3n) is 5.55. The summed E-state index contributed by atoms with van der Waals surface area (Å²) in [6, 6.07) is 9.98. The second-order valence-corrected chi connectivity index (χ2v) is 10.1. The van der Waals surface area contributed by atoms with E-state index >= 15 is 0 Å². The average Bonchev–Trinajstić information content (AvgIpc) is 3.44. The number of rotatable bonds is 9. The third kappa shape index (κ3) is 5.34. The number of hydrogen-bond donors (Lipinski definition) is 2. The highest BCUT2D eigenvalue weighted by Gasteiger charge is 2.30. The van der Waals surface area contributed by atoms with E-state index in [4.69, 9.17) is 4.74 Å². The van der Waals surface area contributed by atoms with Gasteiger partial charge in [0.1, 0.15) is 0 Å². The molecule has 0 radical (unpaired) electrons. The highest BCUT2D eigenvalue weighted by Crippen LogP contribution is 2.32. The summed E-state index contributed by atoms with van der Waals surface area (Å²) in [6.07, 6.45) is 3.32. The number of hydrogen-bond acceptors (Lipinski definition) is 7. The molecular formula is C22H24N4O7S. The van der Waals surface area contributed by atoms with Crippen LogP contribution in [-0.2, 0) is 14.8 Å². The summed E-state index contributed by atoms with van der Waals surface area (Å²) < 4.78 is 32.1. The van der Waals surface area contributed by atoms with Gasteiger partial charge in [0.2, 0.25) is 10.0 Å². The molecule has 1 saturated heterocycles. The van der Waals surface area contributed by atoms with Crippen LogP contribution in [0.5, 0.6) is 5.75 Å². The van der Waals surface area contributed by atoms with Crippen molar-refractivity contribution in [2.24, 2.45) is 0 Å². The van der Waals surface area contributed by atoms with Crippen molar-refractivity contribution in [3.63, 3.8) is 0 Å². The molecule has 1 aliphatic carbocycles. The third-order valence-corrected chi connectivity index (χ3v) is 7.44. The minimum absolute atomic E-state index is 0.150. The molecule has 4 rings (SSSR count). The second-order valence-electron chi connectivity index (χ2n) is 8.13. The van der Waals surface area contributed by atoms with E-state index in [9.17, 15) is 28.1 Å². The van der Waals surface area contributed by atoms with Crippen LogP contribution < -0.4 is 15.4 Å². The Morgan fingerprint density at radius 2 is 1.82 bits per heavy atom. The SMILES string of the molecule is O=C(COc1ccc(S(=O)(=O)N2CCCC2)cc1[N+](=O)[O-])Nc1ccccc1C(=O)NC1CC1. The maximum atomic E-state index is 12.7. The zero-order chi connectivity index (χ0) is 24.3. The van der Waals surface area contributed by atoms with Crippen molar-refractivity contribution >= 4 is 33.2 Å². The molecule has 2 aromatic rings. The Hall–Kier alpha value is -3.51. The first kappa shape index (κ1) is 23.6. The standard InChI is InChI=1S/C22H24N4O7S/c27-21(24-18-6-2-1-5-17(18)22(28)23-15-7-8-15)14-33-20-10-9-16(13-19(20)26(29)30)34(31,32)25-11-3-4-12-25/h1-2,5-6,9-10,13,15H,3-4,7-8,11-12,14H2,(H,23,28)(H,24,27). The van der Waals surface area contributed by atoms with Gasteiger partial charge in [0, 0.05) is 25.2 Å². The zero-order valence-corrected chi connectivity index (χ0v) is 19.0. The van der Waals surface area contributed by atoms with Gasteiger partial charge in [0.05, 0.1) is 21.1 Å². The van der Waals surface area contributed by atoms with Gasteiger partial charge in [-0.2, -0.15) is 4.31 Å². The smallest absolute Gasteiger partial charge is 0.312 e. The molecule has 34 heavy (non-hydrogen) atoms. The van der Waals surface area contributed by atoms with E-state index in [1.807, 2.05) is 0 Å². The summed E-state index contributed by atoms with van der Waals surface area (Å²) in [5, 5.41) is 17.0. The minimum atomic E-state index is -3.84. The van der Waals surface area contributed by atoms with Crippen LogP contribution in [0.25, 0.3) is 0 Å². The monoisotopic (exact) mass is 488 g/mol. The Bertz CT molecular complexity index is 1220. The number of carbonyl (C=O) groups is 2. The van der Waals surface area contributed by atoms with E-state index in [1.54, 1.807) is 24.3 Å². The molecule has 1 heterocycles. The summed E-state index contributed by atoms with van der Waals surface area (Å²) in [6.45, 7) is 0.168. The molecule has 0 atom stereocenters. The number of para-hydroxylation sites is 1. The molecule has 1 aliphatic heterocycles. The van der Waals surface area contributed by atoms with Crippen molar-refractivity contribution in [1.29, 1.82) is 0 Å². The molecule has 2 aliphatic rings. The minimum Gasteiger partial charge on any atom is -0.477 e. The summed E-state index contributed by atoms with van der Waals surface area (Å²) in [7, 11) is -3.84. The lowest BCUT2D eigenvalue weighted by molar-refractivity contribution is -0.386. The van der Waals surface area contributed by atoms with E-state index in [0.717, 1.165) is 31.7 Å². The van der Waals surface area contributed by atoms with E-state index in [2.05, 4.69) is 10.6 Å². The van der Waals surface area contributed by atoms with E-state index in [0.29, 0.717) is 18.7 Å². The lowest BCUT2D eigenvalue weighted by Crippen LogP contribution is -2.28. The number of ether oxygens (including phenoxy) is 1. The van der Waals surface area contributed by atoms with Crippen LogP contribution in [0.4, 0.5) is 11.4 Å². The van der Waals surface area contributed by atoms with Crippen LogP contribution in [0.2, 0.25) is 0 Å². The zero-order valence-electron chi connectivity index (χ0n) is 18.2. The number of benzene rings is 2. The predicted molar refractivity (Wildman–Crippen MR) is 122 cm³/mol. The maximum absolute atomic E-state index is 12.7. The molecule has 12 heteroatoms. The molecule has 1 saturated carbocycles. The average molecular weight is 489 g/mol. The highest BCUT2D eigenvalue weighted by molar-refractivity contribution is 7.89. The Labute approximate surface area is 196 Å². The van der Waals surface area contributed by atoms with Gasteiger partial charge >= 0.3 is 5.69 Å². The lowest BCUT2D eigenvalue weighted by atomic mass is 10.1. The van der Waals surface area contributed by atoms with E-state index < -0.39 is 33.1 Å². The molecule has 0 aromatic heterocycles. The van der Waals surface area contributed by atoms with Crippen molar-refractivity contribution in [2.75, 3.05) is 25.0 Å². The molecule has 11 nitrogen and oxygen atoms in total. The number of nitrogens with zero attached hydrogens (tertiary/aromatic N) is 2. The molecular weight excluding hydrogens is 464 g/mol. The molecule has 2 fully saturated rings. The first-order valence-electron chi connectivity index (χ1n) is 10.9. The van der Waals surface area contributed by atoms with Gasteiger partial charge < -0.3 is 15.4 Å². The summed E-state index contributed by atoms with van der Waals surface area (Å²) in [5.41, 5.74) is 0.0262. The first-order valence-corrected chi connectivity index (χ1v) is 12.3. The quantitative estimate of drug-likeness (QED) is 0.406. The number of nitrogens with one attached hydrogen (secondary N) is 2. The van der Waals surface area contributed by atoms with Crippen molar-refractivity contribution in [1.82, 2.24) is 9.62 Å². The van der Waals surface area contributed by atoms with Crippen LogP contribution >= 0.6 is 0 Å². The number of amides is 2. The fraction of sp³-hybridized carbons (Fsp3) is 0.364. The molecule has 2 aromatic carbocycles. The van der Waals surface area contributed by atoms with Gasteiger partial charge in [-0.25, -0.2) is 8.42 Å². The van der Waals surface area contributed by atoms with Crippen LogP contribution in [0, 0.1) is 10.1 Å². The number of nitro benzene ring substituents is 1. The maximum Gasteiger partial charge on any atom is 0.312 e. The van der Waals surface area contributed by atoms with Crippen molar-refractivity contribution in [3.05, 3.63) is 58.1 Å². The number of anilines is 1. The Morgan fingerprint density at radius 1 is 1.12 bits per heavy atom. The molecule has 0 unspecified atom stereocenters. The summed E-state index contributed by atoms with van der Waals surface area (Å²) in [4.78, 5) is 35.4. The van der Waals surface area contributed by atoms with Crippen LogP contribution in [0.1, 0.15) is 36.0 Å².